The fraction of sp³-hybridized carbons (Fsp3) is 0.824. The molecule has 3 rings (SSSR count). The maximum atomic E-state index is 13.5. The highest BCUT2D eigenvalue weighted by Gasteiger charge is 2.54. The summed E-state index contributed by atoms with van der Waals surface area (Å²) < 4.78 is 34.5. The molecule has 0 saturated carbocycles. The lowest BCUT2D eigenvalue weighted by atomic mass is 9.96. The molecular weight excluding hydrogens is 1320 g/mol. The van der Waals surface area contributed by atoms with Crippen molar-refractivity contribution in [2.24, 2.45) is 0 Å². The molecule has 0 aromatic heterocycles. The second-order valence-corrected chi connectivity index (χ2v) is 29.6. The van der Waals surface area contributed by atoms with Gasteiger partial charge in [-0.1, -0.05) is 324 Å². The smallest absolute Gasteiger partial charge is 0.220 e. The van der Waals surface area contributed by atoms with Crippen LogP contribution in [0.5, 0.6) is 0 Å². The lowest BCUT2D eigenvalue weighted by Crippen LogP contribution is -2.66. The number of carbonyl (C=O) groups is 1. The Hall–Kier alpha value is -3.03. The monoisotopic (exact) mass is 1470 g/mol. The number of ether oxygens (including phenoxy) is 6. The fourth-order valence-electron chi connectivity index (χ4n) is 13.8. The van der Waals surface area contributed by atoms with Gasteiger partial charge in [0.15, 0.2) is 18.9 Å². The van der Waals surface area contributed by atoms with Gasteiger partial charge in [0.05, 0.1) is 38.6 Å². The standard InChI is InChI=1S/C85H151NO18/c1-3-5-7-9-11-13-15-17-19-21-23-25-27-29-31-33-35-36-38-40-42-44-46-48-50-52-54-56-58-60-62-69(90)68(86-73(91)63-61-59-57-55-53-51-49-47-45-43-41-39-37-34-32-30-28-26-24-22-20-18-16-14-12-10-8-6-4-2)67-99-83-79(97)76(94)81(71(65-88)101-83)104-85-80(98)77(95)82(72(66-89)102-85)103-84-78(96)75(93)74(92)70(64-87)100-84/h6,8,12,14,18,20,24,26,30,32,37,39,43,45,68-72,74-85,87-90,92-98H,3-5,7,9-11,13,15-17,19,21-23,25,27-29,31,33-36,38,40-42,44,46-67H2,1-2H3,(H,86,91)/b8-6-,14-12-,20-18-,26-24-,32-30-,39-37-,45-43-. The van der Waals surface area contributed by atoms with Crippen molar-refractivity contribution in [3.05, 3.63) is 85.1 Å². The average molecular weight is 1480 g/mol. The van der Waals surface area contributed by atoms with Gasteiger partial charge in [0.25, 0.3) is 0 Å². The van der Waals surface area contributed by atoms with Crippen LogP contribution in [0.3, 0.4) is 0 Å². The van der Waals surface area contributed by atoms with E-state index in [-0.39, 0.29) is 18.9 Å². The van der Waals surface area contributed by atoms with E-state index in [1.165, 1.54) is 167 Å². The molecule has 3 heterocycles. The van der Waals surface area contributed by atoms with Crippen molar-refractivity contribution in [3.8, 4) is 0 Å². The van der Waals surface area contributed by atoms with E-state index >= 15 is 0 Å². The van der Waals surface area contributed by atoms with Crippen LogP contribution in [0.15, 0.2) is 85.1 Å². The lowest BCUT2D eigenvalue weighted by molar-refractivity contribution is -0.379. The number of aliphatic hydroxyl groups is 11. The largest absolute Gasteiger partial charge is 0.394 e. The summed E-state index contributed by atoms with van der Waals surface area (Å²) in [6.45, 7) is 1.71. The van der Waals surface area contributed by atoms with Gasteiger partial charge in [0, 0.05) is 6.42 Å². The van der Waals surface area contributed by atoms with Gasteiger partial charge in [0.2, 0.25) is 5.91 Å². The van der Waals surface area contributed by atoms with Gasteiger partial charge in [-0.25, -0.2) is 0 Å². The molecule has 0 radical (unpaired) electrons. The first-order valence-electron chi connectivity index (χ1n) is 41.8. The molecule has 19 nitrogen and oxygen atoms in total. The number of allylic oxidation sites excluding steroid dienone is 14. The van der Waals surface area contributed by atoms with Crippen LogP contribution in [0.25, 0.3) is 0 Å². The zero-order valence-electron chi connectivity index (χ0n) is 64.7. The molecule has 1 amide bonds. The number of hydrogen-bond donors (Lipinski definition) is 12. The molecule has 104 heavy (non-hydrogen) atoms. The number of aliphatic hydroxyl groups excluding tert-OH is 11. The zero-order valence-corrected chi connectivity index (χ0v) is 64.7. The molecule has 17 atom stereocenters. The van der Waals surface area contributed by atoms with Crippen LogP contribution in [-0.4, -0.2) is 193 Å². The Balaban J connectivity index is 1.37. The molecule has 0 bridgehead atoms. The molecule has 3 saturated heterocycles. The van der Waals surface area contributed by atoms with Crippen molar-refractivity contribution in [1.82, 2.24) is 5.32 Å². The molecule has 0 spiro atoms. The highest BCUT2D eigenvalue weighted by Crippen LogP contribution is 2.33. The van der Waals surface area contributed by atoms with E-state index < -0.39 is 124 Å². The maximum absolute atomic E-state index is 13.5. The number of unbranched alkanes of at least 4 members (excludes halogenated alkanes) is 36. The van der Waals surface area contributed by atoms with Gasteiger partial charge in [-0.05, 0) is 70.6 Å². The minimum absolute atomic E-state index is 0.249. The SMILES string of the molecule is CC/C=C\C/C=C\C/C=C\C/C=C\C/C=C\C/C=C\C/C=C\CCCCCCCCCC(=O)NC(COC1OC(CO)C(OC2OC(CO)C(OC3OC(CO)C(O)C(O)C3O)C(O)C2O)C(O)C1O)C(O)CCCCCCCCCCCCCCCCCCCCCCCCCCCCCCCC. The number of amides is 1. The Labute approximate surface area is 629 Å². The maximum Gasteiger partial charge on any atom is 0.220 e. The van der Waals surface area contributed by atoms with Gasteiger partial charge >= 0.3 is 0 Å². The second kappa shape index (κ2) is 64.8. The van der Waals surface area contributed by atoms with Crippen LogP contribution in [-0.2, 0) is 33.2 Å². The molecule has 604 valence electrons. The van der Waals surface area contributed by atoms with E-state index in [1.807, 2.05) is 0 Å². The zero-order chi connectivity index (χ0) is 75.3. The summed E-state index contributed by atoms with van der Waals surface area (Å²) in [4.78, 5) is 13.5. The quantitative estimate of drug-likeness (QED) is 0.0199. The third-order valence-corrected chi connectivity index (χ3v) is 20.5. The third kappa shape index (κ3) is 44.0. The first-order chi connectivity index (χ1) is 50.8. The first-order valence-corrected chi connectivity index (χ1v) is 41.8. The lowest BCUT2D eigenvalue weighted by Gasteiger charge is -2.48. The van der Waals surface area contributed by atoms with E-state index in [4.69, 9.17) is 28.4 Å². The molecule has 0 aromatic carbocycles. The normalized spacial score (nSPS) is 26.3. The van der Waals surface area contributed by atoms with E-state index in [9.17, 15) is 61.0 Å². The van der Waals surface area contributed by atoms with Crippen molar-refractivity contribution >= 4 is 5.91 Å². The van der Waals surface area contributed by atoms with Gasteiger partial charge in [-0.2, -0.15) is 0 Å². The van der Waals surface area contributed by atoms with E-state index in [2.05, 4.69) is 104 Å². The summed E-state index contributed by atoms with van der Waals surface area (Å²) in [7, 11) is 0. The Morgan fingerprint density at radius 1 is 0.356 bits per heavy atom. The molecule has 19 heteroatoms. The van der Waals surface area contributed by atoms with Crippen molar-refractivity contribution < 1.29 is 89.4 Å². The van der Waals surface area contributed by atoms with Crippen molar-refractivity contribution in [2.75, 3.05) is 26.4 Å². The second-order valence-electron chi connectivity index (χ2n) is 29.6. The Bertz CT molecular complexity index is 2210. The van der Waals surface area contributed by atoms with Crippen LogP contribution in [0.2, 0.25) is 0 Å². The predicted molar refractivity (Wildman–Crippen MR) is 415 cm³/mol. The molecule has 3 aliphatic rings. The van der Waals surface area contributed by atoms with Crippen molar-refractivity contribution in [3.63, 3.8) is 0 Å². The van der Waals surface area contributed by atoms with Gasteiger partial charge in [-0.15, -0.1) is 0 Å². The summed E-state index contributed by atoms with van der Waals surface area (Å²) in [5, 5.41) is 121. The van der Waals surface area contributed by atoms with Gasteiger partial charge < -0.3 is 89.9 Å². The summed E-state index contributed by atoms with van der Waals surface area (Å²) >= 11 is 0. The van der Waals surface area contributed by atoms with Crippen LogP contribution in [0.1, 0.15) is 316 Å². The van der Waals surface area contributed by atoms with Crippen molar-refractivity contribution in [1.29, 1.82) is 0 Å². The molecular formula is C85H151NO18. The van der Waals surface area contributed by atoms with Gasteiger partial charge in [0.1, 0.15) is 73.2 Å². The van der Waals surface area contributed by atoms with Crippen LogP contribution in [0, 0.1) is 0 Å². The molecule has 17 unspecified atom stereocenters. The highest BCUT2D eigenvalue weighted by atomic mass is 16.8. The van der Waals surface area contributed by atoms with Crippen LogP contribution in [0.4, 0.5) is 0 Å². The minimum Gasteiger partial charge on any atom is -0.394 e. The predicted octanol–water partition coefficient (Wildman–Crippen LogP) is 14.6. The first kappa shape index (κ1) is 95.2. The van der Waals surface area contributed by atoms with Gasteiger partial charge in [-0.3, -0.25) is 4.79 Å². The molecule has 3 aliphatic heterocycles. The van der Waals surface area contributed by atoms with E-state index in [1.54, 1.807) is 0 Å². The number of hydrogen-bond acceptors (Lipinski definition) is 18. The Kier molecular flexibility index (Phi) is 59.3. The fourth-order valence-corrected chi connectivity index (χ4v) is 13.8. The summed E-state index contributed by atoms with van der Waals surface area (Å²) in [6, 6.07) is -0.902. The highest BCUT2D eigenvalue weighted by molar-refractivity contribution is 5.76. The Morgan fingerprint density at radius 3 is 1.04 bits per heavy atom. The molecule has 0 aliphatic carbocycles. The number of nitrogens with one attached hydrogen (secondary N) is 1. The third-order valence-electron chi connectivity index (χ3n) is 20.5. The van der Waals surface area contributed by atoms with E-state index in [0.717, 1.165) is 116 Å². The summed E-state index contributed by atoms with van der Waals surface area (Å²) in [5.74, 6) is -0.253. The molecule has 12 N–H and O–H groups in total. The van der Waals surface area contributed by atoms with E-state index in [0.29, 0.717) is 12.8 Å². The van der Waals surface area contributed by atoms with Crippen LogP contribution < -0.4 is 5.32 Å². The molecule has 0 aromatic rings. The topological polar surface area (TPSA) is 307 Å². The van der Waals surface area contributed by atoms with Crippen molar-refractivity contribution in [2.45, 2.75) is 420 Å². The summed E-state index contributed by atoms with van der Waals surface area (Å²) in [5.41, 5.74) is 0. The summed E-state index contributed by atoms with van der Waals surface area (Å²) in [6.07, 6.45) is 59.5. The average Bonchev–Trinajstić information content (AvgIpc) is 0.781. The number of rotatable bonds is 66. The minimum atomic E-state index is -1.98. The Morgan fingerprint density at radius 2 is 0.663 bits per heavy atom. The van der Waals surface area contributed by atoms with Crippen LogP contribution >= 0.6 is 0 Å². The number of carbonyl (C=O) groups excluding carboxylic acids is 1. The molecule has 3 fully saturated rings.